The molecule has 0 amide bonds. The van der Waals surface area contributed by atoms with Crippen LogP contribution in [0.5, 0.6) is 5.75 Å². The fourth-order valence-electron chi connectivity index (χ4n) is 6.31. The zero-order chi connectivity index (χ0) is 39.9. The van der Waals surface area contributed by atoms with Crippen molar-refractivity contribution >= 4 is 22.6 Å². The zero-order valence-electron chi connectivity index (χ0n) is 34.0. The van der Waals surface area contributed by atoms with Crippen molar-refractivity contribution in [1.82, 2.24) is 0 Å². The van der Waals surface area contributed by atoms with E-state index in [0.717, 1.165) is 46.8 Å². The van der Waals surface area contributed by atoms with Gasteiger partial charge >= 0.3 is 0 Å². The Morgan fingerprint density at radius 1 is 0.618 bits per heavy atom. The lowest BCUT2D eigenvalue weighted by Gasteiger charge is -2.43. The van der Waals surface area contributed by atoms with Crippen molar-refractivity contribution < 1.29 is 4.74 Å². The van der Waals surface area contributed by atoms with Gasteiger partial charge in [-0.15, -0.1) is 0 Å². The van der Waals surface area contributed by atoms with Crippen LogP contribution in [0.25, 0.3) is 5.57 Å². The van der Waals surface area contributed by atoms with Gasteiger partial charge in [-0.25, -0.2) is 0 Å². The molecule has 0 heterocycles. The first-order valence-corrected chi connectivity index (χ1v) is 19.6. The lowest BCUT2D eigenvalue weighted by atomic mass is 9.82. The number of rotatable bonds is 16. The van der Waals surface area contributed by atoms with Crippen LogP contribution < -0.4 is 14.5 Å². The summed E-state index contributed by atoms with van der Waals surface area (Å²) < 4.78 is 6.65. The molecule has 5 rings (SSSR count). The van der Waals surface area contributed by atoms with Crippen molar-refractivity contribution in [3.8, 4) is 5.75 Å². The Bertz CT molecular complexity index is 1950. The lowest BCUT2D eigenvalue weighted by Crippen LogP contribution is -2.43. The van der Waals surface area contributed by atoms with Crippen LogP contribution in [-0.4, -0.2) is 0 Å². The summed E-state index contributed by atoms with van der Waals surface area (Å²) in [6, 6.07) is 48.4. The minimum atomic E-state index is -0.289. The third-order valence-electron chi connectivity index (χ3n) is 9.10. The predicted octanol–water partition coefficient (Wildman–Crippen LogP) is 15.2. The molecule has 3 heteroatoms. The van der Waals surface area contributed by atoms with E-state index in [9.17, 15) is 0 Å². The quantitative estimate of drug-likeness (QED) is 0.0743. The van der Waals surface area contributed by atoms with E-state index >= 15 is 0 Å². The SMILES string of the molecule is C=C/C=C\C(=C/N(c1ccccc1)C(CC)(CC)c1ccccc1)Oc1ccc(N(/C=C\C(=C/C=C)c2ccc(C)cc2)c2ccccc2)cc1.CC.CC. The van der Waals surface area contributed by atoms with E-state index in [2.05, 4.69) is 184 Å². The van der Waals surface area contributed by atoms with Gasteiger partial charge in [-0.05, 0) is 97.1 Å². The number of para-hydroxylation sites is 2. The van der Waals surface area contributed by atoms with E-state index in [-0.39, 0.29) is 5.54 Å². The Balaban J connectivity index is 0.00000196. The number of hydrogen-bond acceptors (Lipinski definition) is 3. The molecule has 0 N–H and O–H groups in total. The van der Waals surface area contributed by atoms with Crippen LogP contribution >= 0.6 is 0 Å². The fourth-order valence-corrected chi connectivity index (χ4v) is 6.31. The lowest BCUT2D eigenvalue weighted by molar-refractivity contribution is 0.387. The molecule has 0 fully saturated rings. The van der Waals surface area contributed by atoms with Crippen LogP contribution in [0.4, 0.5) is 17.1 Å². The summed E-state index contributed by atoms with van der Waals surface area (Å²) in [4.78, 5) is 4.54. The molecule has 0 unspecified atom stereocenters. The second kappa shape index (κ2) is 23.6. The maximum absolute atomic E-state index is 6.65. The monoisotopic (exact) mass is 728 g/mol. The summed E-state index contributed by atoms with van der Waals surface area (Å²) in [6.45, 7) is 22.5. The van der Waals surface area contributed by atoms with E-state index in [4.69, 9.17) is 4.74 Å². The maximum Gasteiger partial charge on any atom is 0.143 e. The molecule has 0 atom stereocenters. The minimum absolute atomic E-state index is 0.289. The van der Waals surface area contributed by atoms with Crippen LogP contribution in [0.3, 0.4) is 0 Å². The molecule has 0 spiro atoms. The number of nitrogens with zero attached hydrogens (tertiary/aromatic N) is 2. The number of anilines is 3. The highest BCUT2D eigenvalue weighted by Gasteiger charge is 2.35. The van der Waals surface area contributed by atoms with E-state index in [1.54, 1.807) is 6.08 Å². The molecule has 0 saturated carbocycles. The molecule has 55 heavy (non-hydrogen) atoms. The normalized spacial score (nSPS) is 11.5. The Morgan fingerprint density at radius 3 is 1.67 bits per heavy atom. The first-order chi connectivity index (χ1) is 27.0. The first-order valence-electron chi connectivity index (χ1n) is 19.6. The third-order valence-corrected chi connectivity index (χ3v) is 9.10. The molecule has 0 saturated heterocycles. The molecule has 0 aromatic heterocycles. The summed E-state index contributed by atoms with van der Waals surface area (Å²) in [5, 5.41) is 0. The number of allylic oxidation sites excluding steroid dienone is 7. The van der Waals surface area contributed by atoms with Crippen molar-refractivity contribution in [2.45, 2.75) is 66.8 Å². The molecule has 0 aliphatic carbocycles. The standard InChI is InChI=1S/C48H48N2O.2C2H6/c1-6-10-27-47(38-50(45-25-18-13-19-26-45)48(8-3,9-4)42-21-14-11-15-22-42)51-46-34-32-44(33-35-46)49(43-23-16-12-17-24-43)37-36-40(20-7-2)41-30-28-39(5)29-31-41;2*1-2/h6-7,10-38H,1-2,8-9H2,3-5H3;2*1-2H3/b27-10-,37-36-,40-20+,47-38+;;. The Morgan fingerprint density at radius 2 is 1.15 bits per heavy atom. The summed E-state index contributed by atoms with van der Waals surface area (Å²) in [5.41, 5.74) is 7.55. The smallest absolute Gasteiger partial charge is 0.143 e. The minimum Gasteiger partial charge on any atom is -0.456 e. The van der Waals surface area contributed by atoms with Gasteiger partial charge in [0.25, 0.3) is 0 Å². The average molecular weight is 729 g/mol. The van der Waals surface area contributed by atoms with E-state index in [1.807, 2.05) is 70.2 Å². The van der Waals surface area contributed by atoms with Crippen LogP contribution in [0.2, 0.25) is 0 Å². The second-order valence-corrected chi connectivity index (χ2v) is 12.3. The van der Waals surface area contributed by atoms with Crippen LogP contribution in [0.15, 0.2) is 207 Å². The molecule has 0 aliphatic rings. The van der Waals surface area contributed by atoms with Gasteiger partial charge in [0.1, 0.15) is 11.5 Å². The highest BCUT2D eigenvalue weighted by molar-refractivity contribution is 5.77. The molecular weight excluding hydrogens is 669 g/mol. The van der Waals surface area contributed by atoms with Gasteiger partial charge in [0, 0.05) is 29.5 Å². The summed E-state index contributed by atoms with van der Waals surface area (Å²) >= 11 is 0. The van der Waals surface area contributed by atoms with Gasteiger partial charge in [0.2, 0.25) is 0 Å². The highest BCUT2D eigenvalue weighted by Crippen LogP contribution is 2.40. The largest absolute Gasteiger partial charge is 0.456 e. The zero-order valence-corrected chi connectivity index (χ0v) is 34.0. The predicted molar refractivity (Wildman–Crippen MR) is 242 cm³/mol. The third kappa shape index (κ3) is 12.0. The van der Waals surface area contributed by atoms with Crippen LogP contribution in [0.1, 0.15) is 71.1 Å². The number of ether oxygens (including phenoxy) is 1. The van der Waals surface area contributed by atoms with Gasteiger partial charge < -0.3 is 14.5 Å². The van der Waals surface area contributed by atoms with Crippen molar-refractivity contribution in [3.63, 3.8) is 0 Å². The van der Waals surface area contributed by atoms with Crippen molar-refractivity contribution in [2.24, 2.45) is 0 Å². The van der Waals surface area contributed by atoms with Crippen molar-refractivity contribution in [1.29, 1.82) is 0 Å². The molecular formula is C52H60N2O. The molecule has 0 aliphatic heterocycles. The summed E-state index contributed by atoms with van der Waals surface area (Å²) in [5.74, 6) is 1.43. The maximum atomic E-state index is 6.65. The highest BCUT2D eigenvalue weighted by atomic mass is 16.5. The fraction of sp³-hybridized carbons (Fsp3) is 0.192. The topological polar surface area (TPSA) is 15.7 Å². The van der Waals surface area contributed by atoms with E-state index in [1.165, 1.54) is 11.1 Å². The van der Waals surface area contributed by atoms with Gasteiger partial charge in [0.15, 0.2) is 0 Å². The Labute approximate surface area is 332 Å². The molecule has 284 valence electrons. The molecule has 0 radical (unpaired) electrons. The molecule has 0 bridgehead atoms. The first kappa shape index (κ1) is 43.3. The van der Waals surface area contributed by atoms with Gasteiger partial charge in [-0.2, -0.15) is 0 Å². The number of aryl methyl sites for hydroxylation is 1. The van der Waals surface area contributed by atoms with Gasteiger partial charge in [0.05, 0.1) is 5.54 Å². The second-order valence-electron chi connectivity index (χ2n) is 12.3. The molecule has 3 nitrogen and oxygen atoms in total. The summed E-state index contributed by atoms with van der Waals surface area (Å²) in [7, 11) is 0. The van der Waals surface area contributed by atoms with Crippen molar-refractivity contribution in [2.75, 3.05) is 9.80 Å². The van der Waals surface area contributed by atoms with Crippen molar-refractivity contribution in [3.05, 3.63) is 224 Å². The van der Waals surface area contributed by atoms with Crippen LogP contribution in [-0.2, 0) is 5.54 Å². The summed E-state index contributed by atoms with van der Waals surface area (Å²) in [6.07, 6.45) is 17.7. The van der Waals surface area contributed by atoms with E-state index < -0.39 is 0 Å². The number of benzene rings is 5. The average Bonchev–Trinajstić information content (AvgIpc) is 3.26. The van der Waals surface area contributed by atoms with Gasteiger partial charge in [-0.3, -0.25) is 0 Å². The number of hydrogen-bond donors (Lipinski definition) is 0. The molecule has 5 aromatic rings. The Hall–Kier alpha value is -6.06. The van der Waals surface area contributed by atoms with E-state index in [0.29, 0.717) is 5.76 Å². The van der Waals surface area contributed by atoms with Crippen LogP contribution in [0, 0.1) is 6.92 Å². The van der Waals surface area contributed by atoms with Gasteiger partial charge in [-0.1, -0.05) is 176 Å². The molecule has 5 aromatic carbocycles. The Kier molecular flexibility index (Phi) is 18.6.